The first-order chi connectivity index (χ1) is 8.69. The standard InChI is InChI=1S/C13H14N4O/c1-3-8-7-10(17(2)16-8)13-15-12-9(14)5-4-6-11(12)18-13/h4-7H,3,14H2,1-2H3. The van der Waals surface area contributed by atoms with Gasteiger partial charge in [-0.05, 0) is 24.6 Å². The van der Waals surface area contributed by atoms with Crippen molar-refractivity contribution in [2.24, 2.45) is 7.05 Å². The molecule has 2 heterocycles. The van der Waals surface area contributed by atoms with Gasteiger partial charge in [0.05, 0.1) is 11.4 Å². The lowest BCUT2D eigenvalue weighted by Gasteiger charge is -1.93. The number of aromatic nitrogens is 3. The summed E-state index contributed by atoms with van der Waals surface area (Å²) < 4.78 is 7.50. The Hall–Kier alpha value is -2.30. The molecule has 2 N–H and O–H groups in total. The highest BCUT2D eigenvalue weighted by Gasteiger charge is 2.14. The number of nitrogen functional groups attached to an aromatic ring is 1. The van der Waals surface area contributed by atoms with E-state index in [0.717, 1.165) is 17.8 Å². The van der Waals surface area contributed by atoms with Gasteiger partial charge in [0.2, 0.25) is 5.89 Å². The molecule has 0 fully saturated rings. The van der Waals surface area contributed by atoms with Crippen molar-refractivity contribution in [3.8, 4) is 11.6 Å². The van der Waals surface area contributed by atoms with Crippen LogP contribution in [-0.4, -0.2) is 14.8 Å². The second-order valence-corrected chi connectivity index (χ2v) is 4.21. The molecule has 5 heteroatoms. The van der Waals surface area contributed by atoms with Crippen molar-refractivity contribution in [2.45, 2.75) is 13.3 Å². The molecule has 0 amide bonds. The second kappa shape index (κ2) is 3.87. The van der Waals surface area contributed by atoms with Crippen LogP contribution in [-0.2, 0) is 13.5 Å². The lowest BCUT2D eigenvalue weighted by atomic mass is 10.3. The van der Waals surface area contributed by atoms with Gasteiger partial charge in [-0.3, -0.25) is 4.68 Å². The van der Waals surface area contributed by atoms with Gasteiger partial charge in [0.1, 0.15) is 11.2 Å². The Kier molecular flexibility index (Phi) is 2.33. The summed E-state index contributed by atoms with van der Waals surface area (Å²) in [6, 6.07) is 7.52. The maximum absolute atomic E-state index is 5.87. The molecule has 5 nitrogen and oxygen atoms in total. The highest BCUT2D eigenvalue weighted by molar-refractivity contribution is 5.86. The van der Waals surface area contributed by atoms with Crippen molar-refractivity contribution >= 4 is 16.8 Å². The van der Waals surface area contributed by atoms with Gasteiger partial charge in [0.25, 0.3) is 0 Å². The largest absolute Gasteiger partial charge is 0.435 e. The number of fused-ring (bicyclic) bond motifs is 1. The Balaban J connectivity index is 2.19. The summed E-state index contributed by atoms with van der Waals surface area (Å²) in [5.41, 5.74) is 9.78. The number of para-hydroxylation sites is 1. The predicted molar refractivity (Wildman–Crippen MR) is 70.0 cm³/mol. The van der Waals surface area contributed by atoms with E-state index in [0.29, 0.717) is 22.7 Å². The summed E-state index contributed by atoms with van der Waals surface area (Å²) in [7, 11) is 1.88. The highest BCUT2D eigenvalue weighted by Crippen LogP contribution is 2.27. The van der Waals surface area contributed by atoms with Crippen LogP contribution in [0.15, 0.2) is 28.7 Å². The molecule has 92 valence electrons. The Bertz CT molecular complexity index is 711. The van der Waals surface area contributed by atoms with Gasteiger partial charge < -0.3 is 10.2 Å². The summed E-state index contributed by atoms with van der Waals surface area (Å²) in [6.45, 7) is 2.07. The van der Waals surface area contributed by atoms with Gasteiger partial charge >= 0.3 is 0 Å². The normalized spacial score (nSPS) is 11.2. The Morgan fingerprint density at radius 2 is 2.22 bits per heavy atom. The van der Waals surface area contributed by atoms with E-state index in [4.69, 9.17) is 10.2 Å². The summed E-state index contributed by atoms with van der Waals surface area (Å²) >= 11 is 0. The Labute approximate surface area is 104 Å². The molecular weight excluding hydrogens is 228 g/mol. The van der Waals surface area contributed by atoms with E-state index in [1.54, 1.807) is 4.68 Å². The molecule has 3 aromatic rings. The van der Waals surface area contributed by atoms with Crippen LogP contribution in [0.2, 0.25) is 0 Å². The zero-order valence-electron chi connectivity index (χ0n) is 10.3. The van der Waals surface area contributed by atoms with Crippen LogP contribution in [0.3, 0.4) is 0 Å². The van der Waals surface area contributed by atoms with E-state index in [9.17, 15) is 0 Å². The van der Waals surface area contributed by atoms with E-state index >= 15 is 0 Å². The van der Waals surface area contributed by atoms with E-state index in [-0.39, 0.29) is 0 Å². The Morgan fingerprint density at radius 3 is 2.89 bits per heavy atom. The fraction of sp³-hybridized carbons (Fsp3) is 0.231. The molecule has 18 heavy (non-hydrogen) atoms. The minimum Gasteiger partial charge on any atom is -0.435 e. The van der Waals surface area contributed by atoms with Gasteiger partial charge in [-0.2, -0.15) is 5.10 Å². The molecule has 3 rings (SSSR count). The van der Waals surface area contributed by atoms with Crippen LogP contribution in [0.4, 0.5) is 5.69 Å². The Morgan fingerprint density at radius 1 is 1.39 bits per heavy atom. The van der Waals surface area contributed by atoms with Crippen molar-refractivity contribution in [2.75, 3.05) is 5.73 Å². The van der Waals surface area contributed by atoms with Crippen molar-refractivity contribution in [3.05, 3.63) is 30.0 Å². The first kappa shape index (κ1) is 10.8. The molecule has 0 saturated carbocycles. The summed E-state index contributed by atoms with van der Waals surface area (Å²) in [5.74, 6) is 0.553. The molecule has 0 spiro atoms. The van der Waals surface area contributed by atoms with E-state index in [2.05, 4.69) is 17.0 Å². The maximum atomic E-state index is 5.87. The monoisotopic (exact) mass is 242 g/mol. The average molecular weight is 242 g/mol. The molecule has 1 aromatic carbocycles. The second-order valence-electron chi connectivity index (χ2n) is 4.21. The van der Waals surface area contributed by atoms with E-state index < -0.39 is 0 Å². The number of nitrogens with zero attached hydrogens (tertiary/aromatic N) is 3. The van der Waals surface area contributed by atoms with Crippen LogP contribution in [0.5, 0.6) is 0 Å². The first-order valence-electron chi connectivity index (χ1n) is 5.87. The molecule has 0 unspecified atom stereocenters. The highest BCUT2D eigenvalue weighted by atomic mass is 16.3. The number of oxazole rings is 1. The smallest absolute Gasteiger partial charge is 0.245 e. The number of aryl methyl sites for hydroxylation is 2. The molecule has 0 radical (unpaired) electrons. The third-order valence-electron chi connectivity index (χ3n) is 2.96. The van der Waals surface area contributed by atoms with Crippen molar-refractivity contribution in [1.29, 1.82) is 0 Å². The average Bonchev–Trinajstić information content (AvgIpc) is 2.93. The summed E-state index contributed by atoms with van der Waals surface area (Å²) in [5, 5.41) is 4.38. The van der Waals surface area contributed by atoms with Crippen molar-refractivity contribution in [3.63, 3.8) is 0 Å². The molecule has 0 bridgehead atoms. The first-order valence-corrected chi connectivity index (χ1v) is 5.87. The number of hydrogen-bond acceptors (Lipinski definition) is 4. The third-order valence-corrected chi connectivity index (χ3v) is 2.96. The van der Waals surface area contributed by atoms with E-state index in [1.807, 2.05) is 31.3 Å². The third kappa shape index (κ3) is 1.55. The van der Waals surface area contributed by atoms with Gasteiger partial charge in [-0.25, -0.2) is 4.98 Å². The quantitative estimate of drug-likeness (QED) is 0.700. The number of rotatable bonds is 2. The molecule has 0 saturated heterocycles. The fourth-order valence-corrected chi connectivity index (χ4v) is 1.98. The molecular formula is C13H14N4O. The minimum atomic E-state index is 0.553. The lowest BCUT2D eigenvalue weighted by Crippen LogP contribution is -1.94. The van der Waals surface area contributed by atoms with Crippen LogP contribution in [0, 0.1) is 0 Å². The number of hydrogen-bond donors (Lipinski definition) is 1. The number of nitrogens with two attached hydrogens (primary N) is 1. The maximum Gasteiger partial charge on any atom is 0.245 e. The lowest BCUT2D eigenvalue weighted by molar-refractivity contribution is 0.605. The van der Waals surface area contributed by atoms with Gasteiger partial charge in [-0.15, -0.1) is 0 Å². The fourth-order valence-electron chi connectivity index (χ4n) is 1.98. The van der Waals surface area contributed by atoms with Gasteiger partial charge in [0, 0.05) is 7.05 Å². The molecule has 2 aromatic heterocycles. The molecule has 0 atom stereocenters. The minimum absolute atomic E-state index is 0.553. The zero-order chi connectivity index (χ0) is 12.7. The van der Waals surface area contributed by atoms with E-state index in [1.165, 1.54) is 0 Å². The van der Waals surface area contributed by atoms with Crippen LogP contribution < -0.4 is 5.73 Å². The summed E-state index contributed by atoms with van der Waals surface area (Å²) in [4.78, 5) is 4.44. The number of benzene rings is 1. The van der Waals surface area contributed by atoms with Crippen molar-refractivity contribution < 1.29 is 4.42 Å². The van der Waals surface area contributed by atoms with Crippen molar-refractivity contribution in [1.82, 2.24) is 14.8 Å². The zero-order valence-corrected chi connectivity index (χ0v) is 10.3. The van der Waals surface area contributed by atoms with Gasteiger partial charge in [0.15, 0.2) is 5.58 Å². The number of anilines is 1. The van der Waals surface area contributed by atoms with Crippen LogP contribution >= 0.6 is 0 Å². The van der Waals surface area contributed by atoms with Crippen LogP contribution in [0.1, 0.15) is 12.6 Å². The summed E-state index contributed by atoms with van der Waals surface area (Å²) in [6.07, 6.45) is 0.885. The topological polar surface area (TPSA) is 69.9 Å². The molecule has 0 aliphatic heterocycles. The molecule has 0 aliphatic carbocycles. The molecule has 0 aliphatic rings. The SMILES string of the molecule is CCc1cc(-c2nc3c(N)cccc3o2)n(C)n1. The van der Waals surface area contributed by atoms with Gasteiger partial charge in [-0.1, -0.05) is 13.0 Å². The van der Waals surface area contributed by atoms with Crippen LogP contribution in [0.25, 0.3) is 22.7 Å². The predicted octanol–water partition coefficient (Wildman–Crippen LogP) is 2.37.